The van der Waals surface area contributed by atoms with Crippen LogP contribution in [0.5, 0.6) is 11.5 Å². The number of methoxy groups -OCH3 is 1. The Morgan fingerprint density at radius 1 is 1.21 bits per heavy atom. The number of aryl methyl sites for hydroxylation is 1. The van der Waals surface area contributed by atoms with E-state index in [4.69, 9.17) is 4.74 Å². The van der Waals surface area contributed by atoms with E-state index in [2.05, 4.69) is 0 Å². The Balaban J connectivity index is 1.96. The number of allylic oxidation sites excluding steroid dienone is 1. The Labute approximate surface area is 138 Å². The Morgan fingerprint density at radius 2 is 2.00 bits per heavy atom. The molecule has 1 aliphatic carbocycles. The fraction of sp³-hybridized carbons (Fsp3) is 0.167. The third-order valence-corrected chi connectivity index (χ3v) is 4.05. The number of nitro benzene ring substituents is 1. The van der Waals surface area contributed by atoms with Crippen LogP contribution < -0.4 is 4.74 Å². The van der Waals surface area contributed by atoms with Crippen molar-refractivity contribution in [2.24, 2.45) is 0 Å². The van der Waals surface area contributed by atoms with Crippen LogP contribution in [0, 0.1) is 10.1 Å². The SMILES string of the molecule is COc1ccc2c(c1)CC/C(=C\c1ccc(O)c([N+](=O)[O-])c1)C2=O. The lowest BCUT2D eigenvalue weighted by atomic mass is 9.86. The Morgan fingerprint density at radius 3 is 2.71 bits per heavy atom. The number of fused-ring (bicyclic) bond motifs is 1. The second-order valence-corrected chi connectivity index (χ2v) is 5.53. The number of carbonyl (C=O) groups is 1. The molecular formula is C18H15NO5. The molecule has 2 aromatic rings. The number of nitro groups is 1. The lowest BCUT2D eigenvalue weighted by Crippen LogP contribution is -2.14. The number of rotatable bonds is 3. The van der Waals surface area contributed by atoms with E-state index in [0.717, 1.165) is 5.56 Å². The van der Waals surface area contributed by atoms with Gasteiger partial charge in [0, 0.05) is 17.2 Å². The highest BCUT2D eigenvalue weighted by molar-refractivity contribution is 6.13. The van der Waals surface area contributed by atoms with E-state index in [9.17, 15) is 20.0 Å². The summed E-state index contributed by atoms with van der Waals surface area (Å²) in [4.78, 5) is 22.9. The van der Waals surface area contributed by atoms with Gasteiger partial charge in [0.15, 0.2) is 11.5 Å². The van der Waals surface area contributed by atoms with Gasteiger partial charge in [0.2, 0.25) is 0 Å². The predicted molar refractivity (Wildman–Crippen MR) is 88.4 cm³/mol. The zero-order chi connectivity index (χ0) is 17.3. The van der Waals surface area contributed by atoms with Gasteiger partial charge in [0.25, 0.3) is 0 Å². The van der Waals surface area contributed by atoms with Crippen LogP contribution in [0.25, 0.3) is 6.08 Å². The van der Waals surface area contributed by atoms with Crippen LogP contribution in [0.3, 0.4) is 0 Å². The first kappa shape index (κ1) is 15.7. The average molecular weight is 325 g/mol. The number of hydrogen-bond acceptors (Lipinski definition) is 5. The van der Waals surface area contributed by atoms with Crippen LogP contribution in [0.4, 0.5) is 5.69 Å². The molecule has 122 valence electrons. The lowest BCUT2D eigenvalue weighted by molar-refractivity contribution is -0.385. The molecule has 0 amide bonds. The van der Waals surface area contributed by atoms with Crippen LogP contribution >= 0.6 is 0 Å². The average Bonchev–Trinajstić information content (AvgIpc) is 2.58. The van der Waals surface area contributed by atoms with Gasteiger partial charge in [0.1, 0.15) is 5.75 Å². The first-order valence-electron chi connectivity index (χ1n) is 7.39. The molecule has 6 heteroatoms. The molecular weight excluding hydrogens is 310 g/mol. The Bertz CT molecular complexity index is 870. The monoisotopic (exact) mass is 325 g/mol. The molecule has 0 aromatic heterocycles. The molecule has 0 radical (unpaired) electrons. The fourth-order valence-corrected chi connectivity index (χ4v) is 2.80. The summed E-state index contributed by atoms with van der Waals surface area (Å²) >= 11 is 0. The summed E-state index contributed by atoms with van der Waals surface area (Å²) in [6.07, 6.45) is 2.89. The highest BCUT2D eigenvalue weighted by Gasteiger charge is 2.22. The summed E-state index contributed by atoms with van der Waals surface area (Å²) in [6.45, 7) is 0. The molecule has 0 unspecified atom stereocenters. The summed E-state index contributed by atoms with van der Waals surface area (Å²) in [5, 5.41) is 20.4. The second-order valence-electron chi connectivity index (χ2n) is 5.53. The fourth-order valence-electron chi connectivity index (χ4n) is 2.80. The van der Waals surface area contributed by atoms with Crippen LogP contribution in [0.15, 0.2) is 42.0 Å². The van der Waals surface area contributed by atoms with Crippen molar-refractivity contribution >= 4 is 17.5 Å². The Hall–Kier alpha value is -3.15. The molecule has 0 aliphatic heterocycles. The maximum atomic E-state index is 12.6. The normalized spacial score (nSPS) is 15.2. The summed E-state index contributed by atoms with van der Waals surface area (Å²) in [7, 11) is 1.58. The molecule has 1 aliphatic rings. The van der Waals surface area contributed by atoms with Crippen molar-refractivity contribution in [1.29, 1.82) is 0 Å². The first-order valence-corrected chi connectivity index (χ1v) is 7.39. The Kier molecular flexibility index (Phi) is 4.04. The molecule has 0 fully saturated rings. The highest BCUT2D eigenvalue weighted by atomic mass is 16.6. The number of benzene rings is 2. The largest absolute Gasteiger partial charge is 0.502 e. The number of Topliss-reactive ketones (excluding diaryl/α,β-unsaturated/α-hetero) is 1. The number of nitrogens with zero attached hydrogens (tertiary/aromatic N) is 1. The number of phenols is 1. The zero-order valence-corrected chi connectivity index (χ0v) is 13.0. The number of hydrogen-bond donors (Lipinski definition) is 1. The van der Waals surface area contributed by atoms with E-state index in [1.165, 1.54) is 12.1 Å². The molecule has 0 atom stereocenters. The van der Waals surface area contributed by atoms with E-state index in [1.54, 1.807) is 31.4 Å². The van der Waals surface area contributed by atoms with Crippen LogP contribution in [0.2, 0.25) is 0 Å². The molecule has 3 rings (SSSR count). The molecule has 24 heavy (non-hydrogen) atoms. The summed E-state index contributed by atoms with van der Waals surface area (Å²) in [5.41, 5.74) is 2.29. The van der Waals surface area contributed by atoms with Crippen molar-refractivity contribution in [2.45, 2.75) is 12.8 Å². The van der Waals surface area contributed by atoms with E-state index in [-0.39, 0.29) is 11.5 Å². The van der Waals surface area contributed by atoms with Gasteiger partial charge < -0.3 is 9.84 Å². The van der Waals surface area contributed by atoms with Crippen LogP contribution in [-0.2, 0) is 6.42 Å². The van der Waals surface area contributed by atoms with Gasteiger partial charge in [-0.2, -0.15) is 0 Å². The van der Waals surface area contributed by atoms with E-state index in [0.29, 0.717) is 35.3 Å². The topological polar surface area (TPSA) is 89.7 Å². The quantitative estimate of drug-likeness (QED) is 0.530. The molecule has 2 aromatic carbocycles. The molecule has 0 spiro atoms. The smallest absolute Gasteiger partial charge is 0.311 e. The summed E-state index contributed by atoms with van der Waals surface area (Å²) in [5.74, 6) is 0.229. The van der Waals surface area contributed by atoms with Gasteiger partial charge in [-0.1, -0.05) is 6.07 Å². The maximum Gasteiger partial charge on any atom is 0.311 e. The molecule has 0 bridgehead atoms. The third kappa shape index (κ3) is 2.86. The van der Waals surface area contributed by atoms with Crippen molar-refractivity contribution in [3.8, 4) is 11.5 Å². The summed E-state index contributed by atoms with van der Waals surface area (Å²) in [6, 6.07) is 9.41. The molecule has 0 saturated heterocycles. The van der Waals surface area contributed by atoms with Gasteiger partial charge in [-0.15, -0.1) is 0 Å². The van der Waals surface area contributed by atoms with Gasteiger partial charge in [-0.05, 0) is 54.3 Å². The number of ketones is 1. The van der Waals surface area contributed by atoms with Crippen molar-refractivity contribution < 1.29 is 19.6 Å². The van der Waals surface area contributed by atoms with Crippen molar-refractivity contribution in [3.05, 3.63) is 68.8 Å². The van der Waals surface area contributed by atoms with Gasteiger partial charge in [-0.3, -0.25) is 14.9 Å². The van der Waals surface area contributed by atoms with Crippen LogP contribution in [-0.4, -0.2) is 22.9 Å². The van der Waals surface area contributed by atoms with Crippen molar-refractivity contribution in [1.82, 2.24) is 0 Å². The maximum absolute atomic E-state index is 12.6. The summed E-state index contributed by atoms with van der Waals surface area (Å²) < 4.78 is 5.17. The van der Waals surface area contributed by atoms with E-state index < -0.39 is 10.7 Å². The van der Waals surface area contributed by atoms with Gasteiger partial charge in [0.05, 0.1) is 12.0 Å². The predicted octanol–water partition coefficient (Wildman–Crippen LogP) is 3.52. The number of aromatic hydroxyl groups is 1. The number of phenolic OH excluding ortho intramolecular Hbond substituents is 1. The van der Waals surface area contributed by atoms with Crippen LogP contribution in [0.1, 0.15) is 27.9 Å². The van der Waals surface area contributed by atoms with Gasteiger partial charge >= 0.3 is 5.69 Å². The zero-order valence-electron chi connectivity index (χ0n) is 13.0. The number of ether oxygens (including phenoxy) is 1. The molecule has 0 heterocycles. The highest BCUT2D eigenvalue weighted by Crippen LogP contribution is 2.31. The molecule has 0 saturated carbocycles. The van der Waals surface area contributed by atoms with E-state index >= 15 is 0 Å². The second kappa shape index (κ2) is 6.16. The minimum atomic E-state index is -0.651. The molecule has 6 nitrogen and oxygen atoms in total. The standard InChI is InChI=1S/C18H15NO5/c1-24-14-5-6-15-12(10-14)3-4-13(18(15)21)8-11-2-7-17(20)16(9-11)19(22)23/h2,5-10,20H,3-4H2,1H3/b13-8+. The minimum absolute atomic E-state index is 0.0883. The van der Waals surface area contributed by atoms with Crippen molar-refractivity contribution in [2.75, 3.05) is 7.11 Å². The molecule has 1 N–H and O–H groups in total. The minimum Gasteiger partial charge on any atom is -0.502 e. The lowest BCUT2D eigenvalue weighted by Gasteiger charge is -2.18. The third-order valence-electron chi connectivity index (χ3n) is 4.05. The van der Waals surface area contributed by atoms with Crippen molar-refractivity contribution in [3.63, 3.8) is 0 Å². The first-order chi connectivity index (χ1) is 11.5. The van der Waals surface area contributed by atoms with Gasteiger partial charge in [-0.25, -0.2) is 0 Å². The van der Waals surface area contributed by atoms with E-state index in [1.807, 2.05) is 6.07 Å². The number of carbonyl (C=O) groups excluding carboxylic acids is 1.